The normalized spacial score (nSPS) is 17.2. The number of benzene rings is 7. The van der Waals surface area contributed by atoms with Crippen molar-refractivity contribution in [1.82, 2.24) is 0 Å². The van der Waals surface area contributed by atoms with Gasteiger partial charge in [-0.05, 0) is 92.0 Å². The van der Waals surface area contributed by atoms with Crippen molar-refractivity contribution in [3.05, 3.63) is 164 Å². The molecule has 2 unspecified atom stereocenters. The van der Waals surface area contributed by atoms with Gasteiger partial charge in [-0.25, -0.2) is 8.42 Å². The molecule has 2 atom stereocenters. The SMILES string of the molecule is O=S(=O)(c1ccc(-c2ccc3c(c2)N(c2ccccc2)C2C=CC=CC2S3)cc1)c1ccc2c3ccccc3c3ccccc3c2c1. The minimum Gasteiger partial charge on any atom is -0.332 e. The van der Waals surface area contributed by atoms with Crippen LogP contribution < -0.4 is 4.90 Å². The second-order valence-corrected chi connectivity index (χ2v) is 15.2. The predicted octanol–water partition coefficient (Wildman–Crippen LogP) is 10.8. The molecule has 0 saturated carbocycles. The first kappa shape index (κ1) is 28.1. The second kappa shape index (κ2) is 11.0. The van der Waals surface area contributed by atoms with Crippen LogP contribution in [0.3, 0.4) is 0 Å². The molecule has 2 aliphatic rings. The van der Waals surface area contributed by atoms with E-state index in [1.54, 1.807) is 18.2 Å². The molecular formula is C42H29NO2S2. The third-order valence-corrected chi connectivity index (χ3v) is 12.5. The van der Waals surface area contributed by atoms with E-state index in [0.717, 1.165) is 49.4 Å². The summed E-state index contributed by atoms with van der Waals surface area (Å²) in [5, 5.41) is 6.78. The lowest BCUT2D eigenvalue weighted by atomic mass is 9.94. The monoisotopic (exact) mass is 643 g/mol. The number of hydrogen-bond acceptors (Lipinski definition) is 4. The van der Waals surface area contributed by atoms with Gasteiger partial charge < -0.3 is 4.90 Å². The summed E-state index contributed by atoms with van der Waals surface area (Å²) in [5.74, 6) is 0. The smallest absolute Gasteiger partial charge is 0.206 e. The van der Waals surface area contributed by atoms with Crippen molar-refractivity contribution in [2.24, 2.45) is 0 Å². The standard InChI is InChI=1S/C42H29NO2S2/c44-47(45,32-23-24-37-35-14-5-4-12-33(35)34-13-6-7-15-36(34)38(37)27-32)31-21-18-28(19-22-31)29-20-25-42-40(26-29)43(30-10-2-1-3-11-30)39-16-8-9-17-41(39)46-42/h1-27,39,41H. The molecule has 0 saturated heterocycles. The number of rotatable bonds is 4. The van der Waals surface area contributed by atoms with Crippen molar-refractivity contribution in [2.75, 3.05) is 4.90 Å². The van der Waals surface area contributed by atoms with Crippen molar-refractivity contribution in [3.63, 3.8) is 0 Å². The molecule has 0 spiro atoms. The summed E-state index contributed by atoms with van der Waals surface area (Å²) in [6.45, 7) is 0. The van der Waals surface area contributed by atoms with Gasteiger partial charge in [-0.15, -0.1) is 11.8 Å². The Kier molecular flexibility index (Phi) is 6.59. The molecule has 3 nitrogen and oxygen atoms in total. The number of para-hydroxylation sites is 1. The maximum absolute atomic E-state index is 14.0. The summed E-state index contributed by atoms with van der Waals surface area (Å²) in [6, 6.07) is 46.7. The Morgan fingerprint density at radius 2 is 1.09 bits per heavy atom. The highest BCUT2D eigenvalue weighted by Gasteiger charge is 2.34. The molecule has 0 aromatic heterocycles. The minimum atomic E-state index is -3.75. The number of fused-ring (bicyclic) bond motifs is 8. The van der Waals surface area contributed by atoms with Gasteiger partial charge in [-0.1, -0.05) is 115 Å². The largest absolute Gasteiger partial charge is 0.332 e. The molecule has 5 heteroatoms. The first-order valence-corrected chi connectivity index (χ1v) is 18.1. The summed E-state index contributed by atoms with van der Waals surface area (Å²) in [5.41, 5.74) is 4.33. The highest BCUT2D eigenvalue weighted by Crippen LogP contribution is 2.48. The van der Waals surface area contributed by atoms with Crippen molar-refractivity contribution in [2.45, 2.75) is 26.0 Å². The van der Waals surface area contributed by atoms with E-state index in [0.29, 0.717) is 10.1 Å². The van der Waals surface area contributed by atoms with Crippen LogP contribution in [0.15, 0.2) is 179 Å². The van der Waals surface area contributed by atoms with Crippen molar-refractivity contribution in [3.8, 4) is 11.1 Å². The van der Waals surface area contributed by atoms with E-state index in [1.165, 1.54) is 10.3 Å². The zero-order chi connectivity index (χ0) is 31.5. The Morgan fingerprint density at radius 1 is 0.511 bits per heavy atom. The number of nitrogens with zero attached hydrogens (tertiary/aromatic N) is 1. The lowest BCUT2D eigenvalue weighted by Gasteiger charge is -2.42. The van der Waals surface area contributed by atoms with E-state index < -0.39 is 9.84 Å². The molecule has 1 aliphatic carbocycles. The molecular weight excluding hydrogens is 615 g/mol. The molecule has 0 radical (unpaired) electrons. The topological polar surface area (TPSA) is 37.4 Å². The third kappa shape index (κ3) is 4.61. The van der Waals surface area contributed by atoms with E-state index in [4.69, 9.17) is 0 Å². The molecule has 47 heavy (non-hydrogen) atoms. The van der Waals surface area contributed by atoms with Gasteiger partial charge in [-0.3, -0.25) is 0 Å². The van der Waals surface area contributed by atoms with Crippen molar-refractivity contribution in [1.29, 1.82) is 0 Å². The molecule has 1 heterocycles. The van der Waals surface area contributed by atoms with E-state index in [9.17, 15) is 8.42 Å². The van der Waals surface area contributed by atoms with Crippen LogP contribution >= 0.6 is 11.8 Å². The number of anilines is 2. The molecule has 9 rings (SSSR count). The fourth-order valence-electron chi connectivity index (χ4n) is 7.13. The molecule has 0 bridgehead atoms. The Bertz CT molecular complexity index is 2480. The highest BCUT2D eigenvalue weighted by molar-refractivity contribution is 8.00. The molecule has 0 amide bonds. The van der Waals surface area contributed by atoms with Crippen LogP contribution in [-0.2, 0) is 9.84 Å². The lowest BCUT2D eigenvalue weighted by Crippen LogP contribution is -2.41. The summed E-state index contributed by atoms with van der Waals surface area (Å²) in [6.07, 6.45) is 8.82. The number of hydrogen-bond donors (Lipinski definition) is 0. The predicted molar refractivity (Wildman–Crippen MR) is 197 cm³/mol. The molecule has 7 aromatic carbocycles. The van der Waals surface area contributed by atoms with Crippen molar-refractivity contribution < 1.29 is 8.42 Å². The van der Waals surface area contributed by atoms with Gasteiger partial charge in [0.05, 0.1) is 26.8 Å². The average Bonchev–Trinajstić information content (AvgIpc) is 3.14. The quantitative estimate of drug-likeness (QED) is 0.179. The van der Waals surface area contributed by atoms with Gasteiger partial charge in [0, 0.05) is 10.6 Å². The second-order valence-electron chi connectivity index (χ2n) is 12.1. The maximum atomic E-state index is 14.0. The van der Waals surface area contributed by atoms with Crippen LogP contribution in [0, 0.1) is 0 Å². The van der Waals surface area contributed by atoms with E-state index in [-0.39, 0.29) is 10.9 Å². The average molecular weight is 644 g/mol. The van der Waals surface area contributed by atoms with Crippen LogP contribution in [0.4, 0.5) is 11.4 Å². The van der Waals surface area contributed by atoms with E-state index in [2.05, 4.69) is 95.9 Å². The van der Waals surface area contributed by atoms with Crippen molar-refractivity contribution >= 4 is 65.3 Å². The number of sulfone groups is 1. The number of thioether (sulfide) groups is 1. The molecule has 226 valence electrons. The Balaban J connectivity index is 1.10. The van der Waals surface area contributed by atoms with Gasteiger partial charge in [0.2, 0.25) is 9.84 Å². The highest BCUT2D eigenvalue weighted by atomic mass is 32.2. The maximum Gasteiger partial charge on any atom is 0.206 e. The summed E-state index contributed by atoms with van der Waals surface area (Å²) >= 11 is 1.89. The Morgan fingerprint density at radius 3 is 1.79 bits per heavy atom. The third-order valence-electron chi connectivity index (χ3n) is 9.39. The fraction of sp³-hybridized carbons (Fsp3) is 0.0476. The minimum absolute atomic E-state index is 0.208. The molecule has 0 N–H and O–H groups in total. The van der Waals surface area contributed by atoms with Gasteiger partial charge >= 0.3 is 0 Å². The molecule has 7 aromatic rings. The van der Waals surface area contributed by atoms with Gasteiger partial charge in [0.15, 0.2) is 0 Å². The first-order chi connectivity index (χ1) is 23.1. The Hall–Kier alpha value is -5.10. The van der Waals surface area contributed by atoms with Crippen LogP contribution in [-0.4, -0.2) is 19.7 Å². The molecule has 1 aliphatic heterocycles. The zero-order valence-corrected chi connectivity index (χ0v) is 27.0. The van der Waals surface area contributed by atoms with Crippen LogP contribution in [0.2, 0.25) is 0 Å². The molecule has 0 fully saturated rings. The lowest BCUT2D eigenvalue weighted by molar-refractivity contribution is 0.596. The van der Waals surface area contributed by atoms with E-state index in [1.807, 2.05) is 66.4 Å². The Labute approximate surface area is 278 Å². The van der Waals surface area contributed by atoms with Crippen LogP contribution in [0.1, 0.15) is 0 Å². The summed E-state index contributed by atoms with van der Waals surface area (Å²) in [4.78, 5) is 4.24. The summed E-state index contributed by atoms with van der Waals surface area (Å²) in [7, 11) is -3.75. The zero-order valence-electron chi connectivity index (χ0n) is 25.3. The first-order valence-electron chi connectivity index (χ1n) is 15.7. The fourth-order valence-corrected chi connectivity index (χ4v) is 9.65. The van der Waals surface area contributed by atoms with Crippen LogP contribution in [0.25, 0.3) is 43.4 Å². The number of allylic oxidation sites excluding steroid dienone is 2. The van der Waals surface area contributed by atoms with Gasteiger partial charge in [0.1, 0.15) is 0 Å². The van der Waals surface area contributed by atoms with Gasteiger partial charge in [0.25, 0.3) is 0 Å². The van der Waals surface area contributed by atoms with Gasteiger partial charge in [-0.2, -0.15) is 0 Å². The van der Waals surface area contributed by atoms with Crippen LogP contribution in [0.5, 0.6) is 0 Å². The summed E-state index contributed by atoms with van der Waals surface area (Å²) < 4.78 is 28.1. The van der Waals surface area contributed by atoms with E-state index >= 15 is 0 Å².